The Bertz CT molecular complexity index is 757. The fraction of sp³-hybridized carbons (Fsp3) is 0.444. The molecule has 0 atom stereocenters. The molecule has 0 aliphatic heterocycles. The molecule has 1 aliphatic rings. The van der Waals surface area contributed by atoms with Crippen molar-refractivity contribution in [2.24, 2.45) is 18.9 Å². The number of carbonyl (C=O) groups is 2. The Hall–Kier alpha value is -2.30. The second kappa shape index (κ2) is 6.07. The van der Waals surface area contributed by atoms with E-state index < -0.39 is 0 Å². The van der Waals surface area contributed by atoms with Crippen LogP contribution in [0.15, 0.2) is 24.3 Å². The quantitative estimate of drug-likeness (QED) is 0.891. The van der Waals surface area contributed by atoms with E-state index in [2.05, 4.69) is 24.5 Å². The van der Waals surface area contributed by atoms with Gasteiger partial charge < -0.3 is 15.2 Å². The van der Waals surface area contributed by atoms with Gasteiger partial charge in [-0.2, -0.15) is 0 Å². The minimum atomic E-state index is -0.0686. The summed E-state index contributed by atoms with van der Waals surface area (Å²) in [5, 5.41) is 6.84. The molecule has 0 saturated heterocycles. The zero-order valence-corrected chi connectivity index (χ0v) is 13.8. The highest BCUT2D eigenvalue weighted by molar-refractivity contribution is 6.01. The average molecular weight is 313 g/mol. The molecule has 1 aromatic heterocycles. The number of hydrogen-bond acceptors (Lipinski definition) is 2. The second-order valence-corrected chi connectivity index (χ2v) is 6.73. The van der Waals surface area contributed by atoms with Crippen molar-refractivity contribution in [1.29, 1.82) is 0 Å². The Labute approximate surface area is 136 Å². The molecule has 0 spiro atoms. The third-order valence-electron chi connectivity index (χ3n) is 4.16. The van der Waals surface area contributed by atoms with Crippen molar-refractivity contribution in [2.45, 2.75) is 26.7 Å². The topological polar surface area (TPSA) is 63.1 Å². The van der Waals surface area contributed by atoms with Crippen LogP contribution in [-0.2, 0) is 11.8 Å². The zero-order valence-electron chi connectivity index (χ0n) is 13.8. The van der Waals surface area contributed by atoms with Crippen molar-refractivity contribution in [3.05, 3.63) is 30.0 Å². The van der Waals surface area contributed by atoms with Crippen molar-refractivity contribution in [3.63, 3.8) is 0 Å². The normalized spacial score (nSPS) is 14.3. The lowest BCUT2D eigenvalue weighted by atomic mass is 10.2. The molecule has 5 nitrogen and oxygen atoms in total. The van der Waals surface area contributed by atoms with Crippen LogP contribution in [0.4, 0.5) is 5.69 Å². The van der Waals surface area contributed by atoms with E-state index in [4.69, 9.17) is 0 Å². The van der Waals surface area contributed by atoms with Crippen molar-refractivity contribution >= 4 is 28.4 Å². The smallest absolute Gasteiger partial charge is 0.267 e. The average Bonchev–Trinajstić information content (AvgIpc) is 3.30. The number of nitrogens with one attached hydrogen (secondary N) is 2. The Morgan fingerprint density at radius 1 is 1.26 bits per heavy atom. The van der Waals surface area contributed by atoms with E-state index in [1.807, 2.05) is 35.9 Å². The van der Waals surface area contributed by atoms with E-state index in [0.717, 1.165) is 29.4 Å². The van der Waals surface area contributed by atoms with Crippen LogP contribution >= 0.6 is 0 Å². The lowest BCUT2D eigenvalue weighted by molar-refractivity contribution is -0.117. The number of aromatic nitrogens is 1. The van der Waals surface area contributed by atoms with Crippen molar-refractivity contribution < 1.29 is 9.59 Å². The van der Waals surface area contributed by atoms with Crippen LogP contribution < -0.4 is 10.6 Å². The van der Waals surface area contributed by atoms with Crippen molar-refractivity contribution in [2.75, 3.05) is 11.9 Å². The number of anilines is 1. The molecule has 1 saturated carbocycles. The van der Waals surface area contributed by atoms with E-state index in [1.54, 1.807) is 0 Å². The molecule has 2 N–H and O–H groups in total. The molecule has 0 radical (unpaired) electrons. The highest BCUT2D eigenvalue weighted by atomic mass is 16.2. The van der Waals surface area contributed by atoms with Gasteiger partial charge in [-0.25, -0.2) is 0 Å². The summed E-state index contributed by atoms with van der Waals surface area (Å²) in [7, 11) is 1.88. The van der Waals surface area contributed by atoms with Crippen molar-refractivity contribution in [1.82, 2.24) is 9.88 Å². The largest absolute Gasteiger partial charge is 0.351 e. The molecule has 0 bridgehead atoms. The van der Waals surface area contributed by atoms with Crippen LogP contribution in [0.1, 0.15) is 37.2 Å². The zero-order chi connectivity index (χ0) is 16.6. The van der Waals surface area contributed by atoms with Gasteiger partial charge in [0, 0.05) is 36.1 Å². The van der Waals surface area contributed by atoms with E-state index in [-0.39, 0.29) is 17.7 Å². The molecule has 5 heteroatoms. The molecular weight excluding hydrogens is 290 g/mol. The Morgan fingerprint density at radius 2 is 2.00 bits per heavy atom. The van der Waals surface area contributed by atoms with Crippen LogP contribution in [-0.4, -0.2) is 22.9 Å². The van der Waals surface area contributed by atoms with Gasteiger partial charge in [0.25, 0.3) is 5.91 Å². The number of aryl methyl sites for hydroxylation is 1. The summed E-state index contributed by atoms with van der Waals surface area (Å²) in [6.45, 7) is 4.79. The summed E-state index contributed by atoms with van der Waals surface area (Å²) in [6, 6.07) is 7.63. The number of hydrogen-bond donors (Lipinski definition) is 2. The molecule has 1 heterocycles. The fourth-order valence-corrected chi connectivity index (χ4v) is 2.62. The molecule has 2 amide bonds. The van der Waals surface area contributed by atoms with Gasteiger partial charge in [-0.15, -0.1) is 0 Å². The van der Waals surface area contributed by atoms with Gasteiger partial charge in [0.05, 0.1) is 0 Å². The van der Waals surface area contributed by atoms with Gasteiger partial charge in [-0.05, 0) is 43.0 Å². The number of rotatable bonds is 5. The van der Waals surface area contributed by atoms with E-state index in [9.17, 15) is 9.59 Å². The summed E-state index contributed by atoms with van der Waals surface area (Å²) < 4.78 is 1.89. The minimum absolute atomic E-state index is 0.0686. The first kappa shape index (κ1) is 15.6. The Kier molecular flexibility index (Phi) is 4.11. The maximum absolute atomic E-state index is 12.3. The predicted molar refractivity (Wildman–Crippen MR) is 91.4 cm³/mol. The van der Waals surface area contributed by atoms with Gasteiger partial charge in [-0.3, -0.25) is 9.59 Å². The van der Waals surface area contributed by atoms with Crippen LogP contribution in [0, 0.1) is 11.8 Å². The highest BCUT2D eigenvalue weighted by Gasteiger charge is 2.29. The van der Waals surface area contributed by atoms with Crippen LogP contribution in [0.2, 0.25) is 0 Å². The van der Waals surface area contributed by atoms with Crippen LogP contribution in [0.5, 0.6) is 0 Å². The van der Waals surface area contributed by atoms with Gasteiger partial charge in [0.2, 0.25) is 5.91 Å². The number of carbonyl (C=O) groups excluding carboxylic acids is 2. The van der Waals surface area contributed by atoms with Crippen LogP contribution in [0.3, 0.4) is 0 Å². The summed E-state index contributed by atoms with van der Waals surface area (Å²) >= 11 is 0. The molecule has 122 valence electrons. The molecule has 23 heavy (non-hydrogen) atoms. The standard InChI is InChI=1S/C18H23N3O2/c1-11(2)10-19-18(23)16-9-13-8-14(6-7-15(13)21(16)3)20-17(22)12-4-5-12/h6-9,11-12H,4-5,10H2,1-3H3,(H,19,23)(H,20,22). The van der Waals surface area contributed by atoms with Gasteiger partial charge >= 0.3 is 0 Å². The molecule has 1 aliphatic carbocycles. The van der Waals surface area contributed by atoms with Crippen molar-refractivity contribution in [3.8, 4) is 0 Å². The van der Waals surface area contributed by atoms with E-state index in [0.29, 0.717) is 18.2 Å². The molecule has 0 unspecified atom stereocenters. The first-order chi connectivity index (χ1) is 11.0. The third kappa shape index (κ3) is 3.38. The first-order valence-electron chi connectivity index (χ1n) is 8.14. The summed E-state index contributed by atoms with van der Waals surface area (Å²) in [5.74, 6) is 0.618. The number of benzene rings is 1. The molecular formula is C18H23N3O2. The lowest BCUT2D eigenvalue weighted by Gasteiger charge is -2.08. The van der Waals surface area contributed by atoms with Gasteiger partial charge in [0.15, 0.2) is 0 Å². The molecule has 1 fully saturated rings. The Morgan fingerprint density at radius 3 is 2.65 bits per heavy atom. The summed E-state index contributed by atoms with van der Waals surface area (Å²) in [5.41, 5.74) is 2.39. The third-order valence-corrected chi connectivity index (χ3v) is 4.16. The number of amides is 2. The predicted octanol–water partition coefficient (Wildman–Crippen LogP) is 2.91. The molecule has 1 aromatic carbocycles. The fourth-order valence-electron chi connectivity index (χ4n) is 2.62. The minimum Gasteiger partial charge on any atom is -0.351 e. The maximum Gasteiger partial charge on any atom is 0.267 e. The van der Waals surface area contributed by atoms with Crippen LogP contribution in [0.25, 0.3) is 10.9 Å². The Balaban J connectivity index is 1.82. The molecule has 3 rings (SSSR count). The number of nitrogens with zero attached hydrogens (tertiary/aromatic N) is 1. The number of fused-ring (bicyclic) bond motifs is 1. The SMILES string of the molecule is CC(C)CNC(=O)c1cc2cc(NC(=O)C3CC3)ccc2n1C. The monoisotopic (exact) mass is 313 g/mol. The lowest BCUT2D eigenvalue weighted by Crippen LogP contribution is -2.28. The van der Waals surface area contributed by atoms with Gasteiger partial charge in [0.1, 0.15) is 5.69 Å². The summed E-state index contributed by atoms with van der Waals surface area (Å²) in [6.07, 6.45) is 1.97. The second-order valence-electron chi connectivity index (χ2n) is 6.73. The molecule has 2 aromatic rings. The maximum atomic E-state index is 12.3. The first-order valence-corrected chi connectivity index (χ1v) is 8.14. The van der Waals surface area contributed by atoms with E-state index >= 15 is 0 Å². The highest BCUT2D eigenvalue weighted by Crippen LogP contribution is 2.31. The summed E-state index contributed by atoms with van der Waals surface area (Å²) in [4.78, 5) is 24.2. The van der Waals surface area contributed by atoms with E-state index in [1.165, 1.54) is 0 Å². The van der Waals surface area contributed by atoms with Gasteiger partial charge in [-0.1, -0.05) is 13.8 Å².